The van der Waals surface area contributed by atoms with E-state index in [1.54, 1.807) is 0 Å². The van der Waals surface area contributed by atoms with Crippen LogP contribution in [0.5, 0.6) is 5.75 Å². The van der Waals surface area contributed by atoms with Crippen molar-refractivity contribution in [2.24, 2.45) is 0 Å². The molecule has 3 rings (SSSR count). The van der Waals surface area contributed by atoms with E-state index in [2.05, 4.69) is 4.90 Å². The SMILES string of the molecule is O=c1cc(CN2CCC(c3ccc(F)cc3)CC2)occ1O. The summed E-state index contributed by atoms with van der Waals surface area (Å²) < 4.78 is 18.2. The Morgan fingerprint density at radius 1 is 1.23 bits per heavy atom. The average molecular weight is 303 g/mol. The van der Waals surface area contributed by atoms with Crippen LogP contribution >= 0.6 is 0 Å². The van der Waals surface area contributed by atoms with Crippen molar-refractivity contribution < 1.29 is 13.9 Å². The first kappa shape index (κ1) is 14.8. The fraction of sp³-hybridized carbons (Fsp3) is 0.353. The summed E-state index contributed by atoms with van der Waals surface area (Å²) in [6, 6.07) is 8.06. The smallest absolute Gasteiger partial charge is 0.226 e. The minimum atomic E-state index is -0.414. The summed E-state index contributed by atoms with van der Waals surface area (Å²) in [5, 5.41) is 9.18. The quantitative estimate of drug-likeness (QED) is 0.947. The van der Waals surface area contributed by atoms with Gasteiger partial charge in [0.15, 0.2) is 5.75 Å². The first-order valence-electron chi connectivity index (χ1n) is 7.40. The van der Waals surface area contributed by atoms with Gasteiger partial charge in [0.2, 0.25) is 5.43 Å². The third kappa shape index (κ3) is 3.36. The van der Waals surface area contributed by atoms with Crippen LogP contribution in [-0.4, -0.2) is 23.1 Å². The van der Waals surface area contributed by atoms with E-state index >= 15 is 0 Å². The minimum Gasteiger partial charge on any atom is -0.502 e. The minimum absolute atomic E-state index is 0.205. The van der Waals surface area contributed by atoms with Gasteiger partial charge in [-0.05, 0) is 49.5 Å². The molecule has 1 saturated heterocycles. The summed E-state index contributed by atoms with van der Waals surface area (Å²) >= 11 is 0. The number of nitrogens with zero attached hydrogens (tertiary/aromatic N) is 1. The Balaban J connectivity index is 1.58. The Labute approximate surface area is 127 Å². The molecule has 0 spiro atoms. The van der Waals surface area contributed by atoms with Crippen LogP contribution in [0.1, 0.15) is 30.1 Å². The molecule has 0 unspecified atom stereocenters. The zero-order valence-electron chi connectivity index (χ0n) is 12.2. The summed E-state index contributed by atoms with van der Waals surface area (Å²) in [4.78, 5) is 13.6. The Hall–Kier alpha value is -2.14. The standard InChI is InChI=1S/C17H18FNO3/c18-14-3-1-12(2-4-14)13-5-7-19(8-6-13)10-15-9-16(20)17(21)11-22-15/h1-4,9,11,13,21H,5-8,10H2. The highest BCUT2D eigenvalue weighted by atomic mass is 19.1. The van der Waals surface area contributed by atoms with Crippen molar-refractivity contribution in [3.63, 3.8) is 0 Å². The van der Waals surface area contributed by atoms with Crippen LogP contribution in [0.2, 0.25) is 0 Å². The second-order valence-corrected chi connectivity index (χ2v) is 5.70. The van der Waals surface area contributed by atoms with E-state index in [-0.39, 0.29) is 11.6 Å². The van der Waals surface area contributed by atoms with Crippen LogP contribution in [0.25, 0.3) is 0 Å². The number of hydrogen-bond acceptors (Lipinski definition) is 4. The van der Waals surface area contributed by atoms with Crippen molar-refractivity contribution in [3.05, 3.63) is 64.0 Å². The van der Waals surface area contributed by atoms with Gasteiger partial charge in [-0.3, -0.25) is 9.69 Å². The zero-order chi connectivity index (χ0) is 15.5. The molecule has 1 aromatic heterocycles. The molecule has 0 saturated carbocycles. The Bertz CT molecular complexity index is 688. The molecule has 22 heavy (non-hydrogen) atoms. The van der Waals surface area contributed by atoms with Gasteiger partial charge < -0.3 is 9.52 Å². The third-order valence-corrected chi connectivity index (χ3v) is 4.17. The zero-order valence-corrected chi connectivity index (χ0v) is 12.2. The normalized spacial score (nSPS) is 16.8. The molecule has 0 bridgehead atoms. The number of hydrogen-bond donors (Lipinski definition) is 1. The van der Waals surface area contributed by atoms with E-state index in [0.717, 1.165) is 32.2 Å². The van der Waals surface area contributed by atoms with Crippen molar-refractivity contribution >= 4 is 0 Å². The molecule has 0 radical (unpaired) electrons. The maximum Gasteiger partial charge on any atom is 0.226 e. The molecular formula is C17H18FNO3. The lowest BCUT2D eigenvalue weighted by Gasteiger charge is -2.31. The lowest BCUT2D eigenvalue weighted by Crippen LogP contribution is -2.32. The maximum atomic E-state index is 13.0. The van der Waals surface area contributed by atoms with Crippen LogP contribution in [0.3, 0.4) is 0 Å². The molecule has 116 valence electrons. The number of piperidine rings is 1. The molecule has 0 amide bonds. The largest absolute Gasteiger partial charge is 0.502 e. The van der Waals surface area contributed by atoms with Crippen LogP contribution in [0.4, 0.5) is 4.39 Å². The van der Waals surface area contributed by atoms with Gasteiger partial charge in [0.25, 0.3) is 0 Å². The molecule has 5 heteroatoms. The van der Waals surface area contributed by atoms with Gasteiger partial charge in [-0.2, -0.15) is 0 Å². The molecule has 1 aliphatic heterocycles. The molecule has 4 nitrogen and oxygen atoms in total. The van der Waals surface area contributed by atoms with Crippen LogP contribution in [0.15, 0.2) is 45.8 Å². The molecule has 2 aromatic rings. The van der Waals surface area contributed by atoms with Gasteiger partial charge in [0.1, 0.15) is 17.8 Å². The van der Waals surface area contributed by atoms with E-state index in [4.69, 9.17) is 4.42 Å². The number of rotatable bonds is 3. The van der Waals surface area contributed by atoms with E-state index in [9.17, 15) is 14.3 Å². The summed E-state index contributed by atoms with van der Waals surface area (Å²) in [6.07, 6.45) is 3.07. The second kappa shape index (κ2) is 6.32. The molecule has 1 fully saturated rings. The first-order valence-corrected chi connectivity index (χ1v) is 7.40. The Morgan fingerprint density at radius 3 is 2.55 bits per heavy atom. The van der Waals surface area contributed by atoms with Crippen LogP contribution < -0.4 is 5.43 Å². The lowest BCUT2D eigenvalue weighted by molar-refractivity contribution is 0.188. The summed E-state index contributed by atoms with van der Waals surface area (Å²) in [5.74, 6) is 0.439. The van der Waals surface area contributed by atoms with Crippen molar-refractivity contribution in [1.29, 1.82) is 0 Å². The van der Waals surface area contributed by atoms with E-state index in [0.29, 0.717) is 18.2 Å². The average Bonchev–Trinajstić information content (AvgIpc) is 2.53. The van der Waals surface area contributed by atoms with Gasteiger partial charge in [0.05, 0.1) is 6.54 Å². The van der Waals surface area contributed by atoms with Crippen molar-refractivity contribution in [2.45, 2.75) is 25.3 Å². The molecule has 0 aliphatic carbocycles. The van der Waals surface area contributed by atoms with Gasteiger partial charge in [-0.1, -0.05) is 12.1 Å². The molecule has 2 heterocycles. The lowest BCUT2D eigenvalue weighted by atomic mass is 9.89. The van der Waals surface area contributed by atoms with Crippen molar-refractivity contribution in [3.8, 4) is 5.75 Å². The number of halogens is 1. The third-order valence-electron chi connectivity index (χ3n) is 4.17. The summed E-state index contributed by atoms with van der Waals surface area (Å²) in [6.45, 7) is 2.35. The fourth-order valence-corrected chi connectivity index (χ4v) is 2.91. The van der Waals surface area contributed by atoms with Gasteiger partial charge >= 0.3 is 0 Å². The Morgan fingerprint density at radius 2 is 1.91 bits per heavy atom. The molecule has 1 N–H and O–H groups in total. The number of aromatic hydroxyl groups is 1. The van der Waals surface area contributed by atoms with E-state index < -0.39 is 5.43 Å². The molecular weight excluding hydrogens is 285 g/mol. The van der Waals surface area contributed by atoms with Gasteiger partial charge in [0, 0.05) is 6.07 Å². The monoisotopic (exact) mass is 303 g/mol. The highest BCUT2D eigenvalue weighted by Gasteiger charge is 2.21. The van der Waals surface area contributed by atoms with E-state index in [1.165, 1.54) is 23.8 Å². The maximum absolute atomic E-state index is 13.0. The van der Waals surface area contributed by atoms with E-state index in [1.807, 2.05) is 12.1 Å². The molecule has 1 aromatic carbocycles. The topological polar surface area (TPSA) is 53.7 Å². The first-order chi connectivity index (χ1) is 10.6. The van der Waals surface area contributed by atoms with Crippen molar-refractivity contribution in [1.82, 2.24) is 4.90 Å². The Kier molecular flexibility index (Phi) is 4.24. The van der Waals surface area contributed by atoms with Crippen LogP contribution in [-0.2, 0) is 6.54 Å². The van der Waals surface area contributed by atoms with Crippen LogP contribution in [0, 0.1) is 5.82 Å². The highest BCUT2D eigenvalue weighted by Crippen LogP contribution is 2.28. The van der Waals surface area contributed by atoms with Gasteiger partial charge in [-0.15, -0.1) is 0 Å². The second-order valence-electron chi connectivity index (χ2n) is 5.70. The molecule has 0 atom stereocenters. The number of likely N-dealkylation sites (tertiary alicyclic amines) is 1. The highest BCUT2D eigenvalue weighted by molar-refractivity contribution is 5.21. The number of benzene rings is 1. The van der Waals surface area contributed by atoms with Gasteiger partial charge in [-0.25, -0.2) is 4.39 Å². The summed E-state index contributed by atoms with van der Waals surface area (Å²) in [5.41, 5.74) is 0.764. The van der Waals surface area contributed by atoms with Crippen molar-refractivity contribution in [2.75, 3.05) is 13.1 Å². The molecule has 1 aliphatic rings. The summed E-state index contributed by atoms with van der Waals surface area (Å²) in [7, 11) is 0. The predicted molar refractivity (Wildman–Crippen MR) is 80.3 cm³/mol. The predicted octanol–water partition coefficient (Wildman–Crippen LogP) is 2.86. The fourth-order valence-electron chi connectivity index (χ4n) is 2.91.